The number of carboxylic acid groups (broad SMARTS) is 2. The van der Waals surface area contributed by atoms with Crippen molar-refractivity contribution in [1.82, 2.24) is 24.0 Å². The lowest BCUT2D eigenvalue weighted by atomic mass is 10.0. The van der Waals surface area contributed by atoms with Gasteiger partial charge in [0.15, 0.2) is 5.65 Å². The molecule has 3 aromatic heterocycles. The number of phenolic OH excluding ortho intramolecular Hbond substituents is 1. The molecular formula is C30H25N5O6. The van der Waals surface area contributed by atoms with Crippen LogP contribution in [-0.4, -0.2) is 64.3 Å². The Balaban J connectivity index is 1.31. The van der Waals surface area contributed by atoms with Crippen LogP contribution in [0.5, 0.6) is 5.75 Å². The van der Waals surface area contributed by atoms with Crippen LogP contribution in [0.25, 0.3) is 28.0 Å². The van der Waals surface area contributed by atoms with Crippen LogP contribution in [-0.2, 0) is 6.54 Å². The topological polar surface area (TPSA) is 151 Å². The van der Waals surface area contributed by atoms with E-state index in [1.165, 1.54) is 35.0 Å². The molecule has 0 radical (unpaired) electrons. The van der Waals surface area contributed by atoms with E-state index in [2.05, 4.69) is 14.9 Å². The third-order valence-corrected chi connectivity index (χ3v) is 7.38. The fourth-order valence-corrected chi connectivity index (χ4v) is 5.42. The summed E-state index contributed by atoms with van der Waals surface area (Å²) < 4.78 is 3.21. The molecule has 0 saturated carbocycles. The average molecular weight is 552 g/mol. The minimum absolute atomic E-state index is 0.0506. The summed E-state index contributed by atoms with van der Waals surface area (Å²) in [7, 11) is 0. The van der Waals surface area contributed by atoms with Crippen molar-refractivity contribution < 1.29 is 24.9 Å². The molecule has 41 heavy (non-hydrogen) atoms. The molecule has 0 spiro atoms. The standard InChI is InChI=1S/C30H25N5O6/c36-26-15-22(7-8-24(26)18-3-5-19(6-4-18)28(37)38)34-25-2-1-11-32-27(25)35(30(34)41)23-10-13-33(17-23)16-21-14-20(29(39)40)9-12-31-21/h1-9,11-12,14-15,23,36H,10,13,16-17H2,(H,37,38)(H,39,40)/t23-/m0/s1. The minimum atomic E-state index is -1.03. The molecule has 1 aliphatic rings. The van der Waals surface area contributed by atoms with Gasteiger partial charge in [-0.3, -0.25) is 19.0 Å². The van der Waals surface area contributed by atoms with E-state index in [1.807, 2.05) is 6.07 Å². The molecule has 4 heterocycles. The fraction of sp³-hybridized carbons (Fsp3) is 0.167. The summed E-state index contributed by atoms with van der Waals surface area (Å²) in [6, 6.07) is 17.6. The SMILES string of the molecule is O=C(O)c1ccc(-c2ccc(-n3c(=O)n([C@H]4CCN(Cc5cc(C(=O)O)ccn5)C4)c4ncccc43)cc2O)cc1. The summed E-state index contributed by atoms with van der Waals surface area (Å²) >= 11 is 0. The monoisotopic (exact) mass is 551 g/mol. The Morgan fingerprint density at radius 1 is 0.902 bits per heavy atom. The predicted octanol–water partition coefficient (Wildman–Crippen LogP) is 3.80. The summed E-state index contributed by atoms with van der Waals surface area (Å²) in [4.78, 5) is 47.3. The zero-order valence-electron chi connectivity index (χ0n) is 21.7. The van der Waals surface area contributed by atoms with Gasteiger partial charge < -0.3 is 15.3 Å². The summed E-state index contributed by atoms with van der Waals surface area (Å²) in [5, 5.41) is 29.3. The number of aromatic nitrogens is 4. The van der Waals surface area contributed by atoms with Crippen molar-refractivity contribution >= 4 is 23.1 Å². The summed E-state index contributed by atoms with van der Waals surface area (Å²) in [5.74, 6) is -2.09. The molecule has 1 saturated heterocycles. The van der Waals surface area contributed by atoms with E-state index in [0.29, 0.717) is 59.7 Å². The summed E-state index contributed by atoms with van der Waals surface area (Å²) in [5.41, 5.74) is 3.44. The molecule has 3 N–H and O–H groups in total. The average Bonchev–Trinajstić information content (AvgIpc) is 3.54. The number of likely N-dealkylation sites (tertiary alicyclic amines) is 1. The van der Waals surface area contributed by atoms with Crippen LogP contribution in [0.2, 0.25) is 0 Å². The van der Waals surface area contributed by atoms with Gasteiger partial charge in [-0.1, -0.05) is 12.1 Å². The number of phenols is 1. The number of aromatic hydroxyl groups is 1. The molecule has 1 fully saturated rings. The van der Waals surface area contributed by atoms with Gasteiger partial charge in [0, 0.05) is 43.7 Å². The maximum absolute atomic E-state index is 13.9. The van der Waals surface area contributed by atoms with Crippen LogP contribution in [0.1, 0.15) is 38.9 Å². The molecule has 1 atom stereocenters. The Labute approximate surface area is 233 Å². The van der Waals surface area contributed by atoms with Crippen LogP contribution in [0, 0.1) is 0 Å². The lowest BCUT2D eigenvalue weighted by molar-refractivity contribution is 0.0686. The van der Waals surface area contributed by atoms with E-state index >= 15 is 0 Å². The van der Waals surface area contributed by atoms with Crippen molar-refractivity contribution in [2.75, 3.05) is 13.1 Å². The smallest absolute Gasteiger partial charge is 0.335 e. The summed E-state index contributed by atoms with van der Waals surface area (Å²) in [6.45, 7) is 1.72. The van der Waals surface area contributed by atoms with E-state index in [1.54, 1.807) is 47.2 Å². The maximum atomic E-state index is 13.9. The molecule has 11 heteroatoms. The molecule has 0 bridgehead atoms. The number of pyridine rings is 2. The van der Waals surface area contributed by atoms with E-state index < -0.39 is 11.9 Å². The maximum Gasteiger partial charge on any atom is 0.335 e. The van der Waals surface area contributed by atoms with Crippen LogP contribution in [0.4, 0.5) is 0 Å². The van der Waals surface area contributed by atoms with Gasteiger partial charge in [-0.25, -0.2) is 19.4 Å². The number of benzene rings is 2. The number of imidazole rings is 1. The van der Waals surface area contributed by atoms with Gasteiger partial charge in [-0.05, 0) is 60.5 Å². The number of rotatable bonds is 7. The lowest BCUT2D eigenvalue weighted by Gasteiger charge is -2.16. The molecule has 0 unspecified atom stereocenters. The number of aromatic carboxylic acids is 2. The van der Waals surface area contributed by atoms with Gasteiger partial charge >= 0.3 is 17.6 Å². The highest BCUT2D eigenvalue weighted by molar-refractivity contribution is 5.89. The Kier molecular flexibility index (Phi) is 6.56. The molecule has 6 rings (SSSR count). The molecule has 11 nitrogen and oxygen atoms in total. The second-order valence-electron chi connectivity index (χ2n) is 9.94. The largest absolute Gasteiger partial charge is 0.507 e. The molecule has 5 aromatic rings. The highest BCUT2D eigenvalue weighted by Crippen LogP contribution is 2.33. The van der Waals surface area contributed by atoms with Gasteiger partial charge in [0.05, 0.1) is 34.1 Å². The van der Waals surface area contributed by atoms with E-state index in [4.69, 9.17) is 5.11 Å². The van der Waals surface area contributed by atoms with E-state index in [9.17, 15) is 24.6 Å². The number of fused-ring (bicyclic) bond motifs is 1. The third kappa shape index (κ3) is 4.83. The molecule has 0 amide bonds. The first-order valence-corrected chi connectivity index (χ1v) is 13.0. The highest BCUT2D eigenvalue weighted by atomic mass is 16.4. The molecule has 206 valence electrons. The third-order valence-electron chi connectivity index (χ3n) is 7.38. The first kappa shape index (κ1) is 26.0. The fourth-order valence-electron chi connectivity index (χ4n) is 5.42. The predicted molar refractivity (Wildman–Crippen MR) is 150 cm³/mol. The van der Waals surface area contributed by atoms with Gasteiger partial charge in [0.1, 0.15) is 5.75 Å². The summed E-state index contributed by atoms with van der Waals surface area (Å²) in [6.07, 6.45) is 3.82. The second-order valence-corrected chi connectivity index (χ2v) is 9.94. The number of carboxylic acids is 2. The zero-order valence-corrected chi connectivity index (χ0v) is 21.7. The number of nitrogens with zero attached hydrogens (tertiary/aromatic N) is 5. The van der Waals surface area contributed by atoms with Crippen LogP contribution in [0.15, 0.2) is 83.9 Å². The highest BCUT2D eigenvalue weighted by Gasteiger charge is 2.29. The zero-order chi connectivity index (χ0) is 28.7. The molecule has 0 aliphatic carbocycles. The first-order chi connectivity index (χ1) is 19.8. The first-order valence-electron chi connectivity index (χ1n) is 13.0. The van der Waals surface area contributed by atoms with Crippen molar-refractivity contribution in [3.8, 4) is 22.6 Å². The van der Waals surface area contributed by atoms with Gasteiger partial charge in [0.2, 0.25) is 0 Å². The Bertz CT molecular complexity index is 1860. The number of carbonyl (C=O) groups is 2. The van der Waals surface area contributed by atoms with Crippen molar-refractivity contribution in [3.63, 3.8) is 0 Å². The van der Waals surface area contributed by atoms with Crippen molar-refractivity contribution in [1.29, 1.82) is 0 Å². The molecular weight excluding hydrogens is 526 g/mol. The second kappa shape index (κ2) is 10.4. The van der Waals surface area contributed by atoms with E-state index in [-0.39, 0.29) is 28.6 Å². The van der Waals surface area contributed by atoms with Gasteiger partial charge in [-0.2, -0.15) is 0 Å². The van der Waals surface area contributed by atoms with Gasteiger partial charge in [0.25, 0.3) is 0 Å². The van der Waals surface area contributed by atoms with Crippen LogP contribution in [0.3, 0.4) is 0 Å². The van der Waals surface area contributed by atoms with Gasteiger partial charge in [-0.15, -0.1) is 0 Å². The van der Waals surface area contributed by atoms with Crippen molar-refractivity contribution in [2.24, 2.45) is 0 Å². The molecule has 2 aromatic carbocycles. The quantitative estimate of drug-likeness (QED) is 0.274. The number of hydrogen-bond acceptors (Lipinski definition) is 7. The van der Waals surface area contributed by atoms with Crippen molar-refractivity contribution in [3.05, 3.63) is 106 Å². The van der Waals surface area contributed by atoms with Crippen LogP contribution >= 0.6 is 0 Å². The Morgan fingerprint density at radius 3 is 2.41 bits per heavy atom. The Hall–Kier alpha value is -5.29. The normalized spacial score (nSPS) is 15.4. The number of hydrogen-bond donors (Lipinski definition) is 3. The Morgan fingerprint density at radius 2 is 1.68 bits per heavy atom. The lowest BCUT2D eigenvalue weighted by Crippen LogP contribution is -2.29. The molecule has 1 aliphatic heterocycles. The van der Waals surface area contributed by atoms with E-state index in [0.717, 1.165) is 0 Å². The van der Waals surface area contributed by atoms with Crippen LogP contribution < -0.4 is 5.69 Å². The van der Waals surface area contributed by atoms with Crippen molar-refractivity contribution in [2.45, 2.75) is 19.0 Å². The minimum Gasteiger partial charge on any atom is -0.507 e.